The highest BCUT2D eigenvalue weighted by atomic mass is 32.2. The molecule has 1 nitrogen and oxygen atoms in total. The molecule has 0 atom stereocenters. The van der Waals surface area contributed by atoms with Gasteiger partial charge in [0.15, 0.2) is 0 Å². The number of hydrogen-bond acceptors (Lipinski definition) is 3. The Labute approximate surface area is 92.9 Å². The molecular weight excluding hydrogens is 210 g/mol. The minimum absolute atomic E-state index is 0.0964. The molecule has 14 heavy (non-hydrogen) atoms. The topological polar surface area (TPSA) is 23.8 Å². The van der Waals surface area contributed by atoms with Gasteiger partial charge < -0.3 is 0 Å². The lowest BCUT2D eigenvalue weighted by atomic mass is 10.4. The van der Waals surface area contributed by atoms with Crippen LogP contribution in [0.1, 0.15) is 12.8 Å². The van der Waals surface area contributed by atoms with Gasteiger partial charge in [-0.25, -0.2) is 0 Å². The molecule has 1 aromatic carbocycles. The van der Waals surface area contributed by atoms with Gasteiger partial charge in [0, 0.05) is 9.79 Å². The zero-order valence-corrected chi connectivity index (χ0v) is 9.62. The molecule has 0 saturated heterocycles. The lowest BCUT2D eigenvalue weighted by Crippen LogP contribution is -1.95. The van der Waals surface area contributed by atoms with Gasteiger partial charge in [-0.3, -0.25) is 0 Å². The summed E-state index contributed by atoms with van der Waals surface area (Å²) < 4.78 is -0.0964. The molecule has 1 aliphatic rings. The van der Waals surface area contributed by atoms with Gasteiger partial charge in [0.25, 0.3) is 0 Å². The first kappa shape index (κ1) is 9.95. The summed E-state index contributed by atoms with van der Waals surface area (Å²) in [5.74, 6) is 0. The number of nitrogens with zero attached hydrogens (tertiary/aromatic N) is 1. The van der Waals surface area contributed by atoms with E-state index >= 15 is 0 Å². The van der Waals surface area contributed by atoms with Crippen LogP contribution in [0.3, 0.4) is 0 Å². The molecule has 0 aromatic heterocycles. The highest BCUT2D eigenvalue weighted by Gasteiger charge is 2.44. The SMILES string of the molecule is CSc1ccc(SC2(C#N)CC2)cc1. The van der Waals surface area contributed by atoms with E-state index in [4.69, 9.17) is 5.26 Å². The fourth-order valence-electron chi connectivity index (χ4n) is 1.22. The van der Waals surface area contributed by atoms with Gasteiger partial charge in [-0.05, 0) is 43.4 Å². The molecule has 0 radical (unpaired) electrons. The van der Waals surface area contributed by atoms with Gasteiger partial charge in [-0.1, -0.05) is 0 Å². The average molecular weight is 221 g/mol. The van der Waals surface area contributed by atoms with Crippen molar-refractivity contribution < 1.29 is 0 Å². The minimum Gasteiger partial charge on any atom is -0.197 e. The molecule has 0 aliphatic heterocycles. The van der Waals surface area contributed by atoms with Crippen molar-refractivity contribution in [3.8, 4) is 6.07 Å². The van der Waals surface area contributed by atoms with Gasteiger partial charge in [0.05, 0.1) is 6.07 Å². The predicted molar refractivity (Wildman–Crippen MR) is 61.7 cm³/mol. The number of hydrogen-bond donors (Lipinski definition) is 0. The summed E-state index contributed by atoms with van der Waals surface area (Å²) in [5, 5.41) is 8.94. The van der Waals surface area contributed by atoms with Crippen LogP contribution in [0.15, 0.2) is 34.1 Å². The first-order valence-corrected chi connectivity index (χ1v) is 6.56. The number of nitriles is 1. The molecule has 0 heterocycles. The minimum atomic E-state index is -0.0964. The standard InChI is InChI=1S/C11H11NS2/c1-13-9-2-4-10(5-3-9)14-11(8-12)6-7-11/h2-5H,6-7H2,1H3. The van der Waals surface area contributed by atoms with E-state index in [1.807, 2.05) is 0 Å². The third-order valence-corrected chi connectivity index (χ3v) is 4.42. The van der Waals surface area contributed by atoms with Crippen molar-refractivity contribution in [2.24, 2.45) is 0 Å². The molecule has 0 N–H and O–H groups in total. The summed E-state index contributed by atoms with van der Waals surface area (Å²) in [6, 6.07) is 10.8. The van der Waals surface area contributed by atoms with Gasteiger partial charge >= 0.3 is 0 Å². The molecule has 1 aromatic rings. The quantitative estimate of drug-likeness (QED) is 0.729. The second-order valence-electron chi connectivity index (χ2n) is 3.38. The first-order valence-electron chi connectivity index (χ1n) is 4.52. The molecule has 2 rings (SSSR count). The van der Waals surface area contributed by atoms with E-state index in [1.54, 1.807) is 23.5 Å². The molecule has 1 aliphatic carbocycles. The van der Waals surface area contributed by atoms with Crippen LogP contribution in [-0.4, -0.2) is 11.0 Å². The van der Waals surface area contributed by atoms with Crippen LogP contribution in [0.4, 0.5) is 0 Å². The van der Waals surface area contributed by atoms with Crippen molar-refractivity contribution in [2.45, 2.75) is 27.4 Å². The van der Waals surface area contributed by atoms with Crippen LogP contribution in [0.5, 0.6) is 0 Å². The highest BCUT2D eigenvalue weighted by Crippen LogP contribution is 2.51. The van der Waals surface area contributed by atoms with E-state index in [-0.39, 0.29) is 4.75 Å². The van der Waals surface area contributed by atoms with Gasteiger partial charge in [0.1, 0.15) is 4.75 Å². The van der Waals surface area contributed by atoms with E-state index in [1.165, 1.54) is 9.79 Å². The fraction of sp³-hybridized carbons (Fsp3) is 0.364. The van der Waals surface area contributed by atoms with Crippen molar-refractivity contribution in [1.29, 1.82) is 5.26 Å². The highest BCUT2D eigenvalue weighted by molar-refractivity contribution is 8.01. The summed E-state index contributed by atoms with van der Waals surface area (Å²) in [4.78, 5) is 2.48. The predicted octanol–water partition coefficient (Wildman–Crippen LogP) is 3.56. The molecule has 0 amide bonds. The molecule has 0 spiro atoms. The lowest BCUT2D eigenvalue weighted by Gasteiger charge is -2.05. The van der Waals surface area contributed by atoms with Crippen molar-refractivity contribution in [3.63, 3.8) is 0 Å². The number of rotatable bonds is 3. The maximum Gasteiger partial charge on any atom is 0.107 e. The average Bonchev–Trinajstić information content (AvgIpc) is 3.00. The second kappa shape index (κ2) is 3.88. The van der Waals surface area contributed by atoms with Crippen LogP contribution in [0.25, 0.3) is 0 Å². The zero-order chi connectivity index (χ0) is 10.0. The van der Waals surface area contributed by atoms with Crippen LogP contribution >= 0.6 is 23.5 Å². The van der Waals surface area contributed by atoms with Crippen LogP contribution in [-0.2, 0) is 0 Å². The van der Waals surface area contributed by atoms with E-state index in [9.17, 15) is 0 Å². The van der Waals surface area contributed by atoms with Gasteiger partial charge in [-0.2, -0.15) is 5.26 Å². The maximum absolute atomic E-state index is 8.94. The van der Waals surface area contributed by atoms with E-state index in [0.717, 1.165) is 12.8 Å². The van der Waals surface area contributed by atoms with Crippen molar-refractivity contribution in [2.75, 3.05) is 6.26 Å². The van der Waals surface area contributed by atoms with E-state index < -0.39 is 0 Å². The Morgan fingerprint density at radius 2 is 1.79 bits per heavy atom. The molecule has 3 heteroatoms. The molecule has 0 unspecified atom stereocenters. The van der Waals surface area contributed by atoms with Crippen molar-refractivity contribution in [3.05, 3.63) is 24.3 Å². The molecule has 1 saturated carbocycles. The molecular formula is C11H11NS2. The Morgan fingerprint density at radius 3 is 2.21 bits per heavy atom. The Morgan fingerprint density at radius 1 is 1.21 bits per heavy atom. The third-order valence-electron chi connectivity index (χ3n) is 2.28. The van der Waals surface area contributed by atoms with Crippen LogP contribution in [0.2, 0.25) is 0 Å². The normalized spacial score (nSPS) is 17.4. The fourth-order valence-corrected chi connectivity index (χ4v) is 2.70. The third kappa shape index (κ3) is 2.08. The van der Waals surface area contributed by atoms with E-state index in [2.05, 4.69) is 36.6 Å². The Bertz CT molecular complexity index is 360. The smallest absolute Gasteiger partial charge is 0.107 e. The molecule has 0 bridgehead atoms. The lowest BCUT2D eigenvalue weighted by molar-refractivity contribution is 1.18. The van der Waals surface area contributed by atoms with E-state index in [0.29, 0.717) is 0 Å². The van der Waals surface area contributed by atoms with Crippen molar-refractivity contribution >= 4 is 23.5 Å². The van der Waals surface area contributed by atoms with Crippen LogP contribution < -0.4 is 0 Å². The Kier molecular flexibility index (Phi) is 2.76. The number of benzene rings is 1. The zero-order valence-electron chi connectivity index (χ0n) is 7.99. The largest absolute Gasteiger partial charge is 0.197 e. The Hall–Kier alpha value is -0.590. The monoisotopic (exact) mass is 221 g/mol. The number of thioether (sulfide) groups is 2. The summed E-state index contributed by atoms with van der Waals surface area (Å²) in [7, 11) is 0. The summed E-state index contributed by atoms with van der Waals surface area (Å²) in [6.45, 7) is 0. The van der Waals surface area contributed by atoms with Crippen molar-refractivity contribution in [1.82, 2.24) is 0 Å². The molecule has 1 fully saturated rings. The van der Waals surface area contributed by atoms with Gasteiger partial charge in [0.2, 0.25) is 0 Å². The van der Waals surface area contributed by atoms with Gasteiger partial charge in [-0.15, -0.1) is 23.5 Å². The summed E-state index contributed by atoms with van der Waals surface area (Å²) in [5.41, 5.74) is 0. The second-order valence-corrected chi connectivity index (χ2v) is 5.72. The molecule has 72 valence electrons. The van der Waals surface area contributed by atoms with Crippen LogP contribution in [0, 0.1) is 11.3 Å². The Balaban J connectivity index is 2.08. The first-order chi connectivity index (χ1) is 6.78. The summed E-state index contributed by atoms with van der Waals surface area (Å²) >= 11 is 3.45. The summed E-state index contributed by atoms with van der Waals surface area (Å²) in [6.07, 6.45) is 4.15. The maximum atomic E-state index is 8.94.